The lowest BCUT2D eigenvalue weighted by molar-refractivity contribution is -0.137. The van der Waals surface area contributed by atoms with E-state index in [2.05, 4.69) is 18.9 Å². The Hall–Kier alpha value is -1.85. The molecule has 134 valence electrons. The van der Waals surface area contributed by atoms with Crippen LogP contribution in [0.3, 0.4) is 0 Å². The van der Waals surface area contributed by atoms with Crippen LogP contribution in [0.25, 0.3) is 0 Å². The van der Waals surface area contributed by atoms with Crippen molar-refractivity contribution in [2.45, 2.75) is 65.3 Å². The second kappa shape index (κ2) is 8.31. The molecule has 0 unspecified atom stereocenters. The van der Waals surface area contributed by atoms with Crippen LogP contribution in [0.2, 0.25) is 0 Å². The number of carboxylic acids is 1. The summed E-state index contributed by atoms with van der Waals surface area (Å²) in [6, 6.07) is 0.179. The maximum absolute atomic E-state index is 12.7. The molecule has 1 aromatic heterocycles. The first kappa shape index (κ1) is 18.5. The quantitative estimate of drug-likeness (QED) is 0.830. The molecule has 0 aromatic carbocycles. The van der Waals surface area contributed by atoms with Crippen molar-refractivity contribution in [3.05, 3.63) is 17.5 Å². The molecule has 1 saturated heterocycles. The minimum absolute atomic E-state index is 0.154. The van der Waals surface area contributed by atoms with Gasteiger partial charge in [0.2, 0.25) is 5.91 Å². The number of piperidine rings is 1. The van der Waals surface area contributed by atoms with Crippen LogP contribution in [-0.2, 0) is 4.79 Å². The van der Waals surface area contributed by atoms with Gasteiger partial charge in [-0.15, -0.1) is 0 Å². The first-order chi connectivity index (χ1) is 11.5. The van der Waals surface area contributed by atoms with Gasteiger partial charge < -0.3 is 10.0 Å². The molecule has 1 amide bonds. The molecule has 1 aliphatic rings. The zero-order chi connectivity index (χ0) is 17.7. The molecule has 0 aliphatic carbocycles. The number of aromatic carboxylic acids is 1. The zero-order valence-electron chi connectivity index (χ0n) is 15.0. The molecular formula is C18H29N3O3. The van der Waals surface area contributed by atoms with Crippen LogP contribution in [-0.4, -0.2) is 44.8 Å². The Morgan fingerprint density at radius 3 is 2.29 bits per heavy atom. The minimum atomic E-state index is -0.937. The molecule has 1 N–H and O–H groups in total. The highest BCUT2D eigenvalue weighted by Crippen LogP contribution is 2.27. The van der Waals surface area contributed by atoms with Gasteiger partial charge in [-0.05, 0) is 32.6 Å². The smallest absolute Gasteiger partial charge is 0.339 e. The first-order valence-corrected chi connectivity index (χ1v) is 9.05. The van der Waals surface area contributed by atoms with Crippen molar-refractivity contribution in [2.75, 3.05) is 13.1 Å². The Morgan fingerprint density at radius 1 is 1.25 bits per heavy atom. The van der Waals surface area contributed by atoms with Crippen molar-refractivity contribution in [1.82, 2.24) is 14.7 Å². The molecule has 0 saturated carbocycles. The predicted octanol–water partition coefficient (Wildman–Crippen LogP) is 3.27. The van der Waals surface area contributed by atoms with Crippen molar-refractivity contribution in [2.24, 2.45) is 5.92 Å². The van der Waals surface area contributed by atoms with Crippen molar-refractivity contribution in [1.29, 1.82) is 0 Å². The summed E-state index contributed by atoms with van der Waals surface area (Å²) >= 11 is 0. The monoisotopic (exact) mass is 335 g/mol. The van der Waals surface area contributed by atoms with Gasteiger partial charge in [-0.3, -0.25) is 9.48 Å². The summed E-state index contributed by atoms with van der Waals surface area (Å²) < 4.78 is 1.82. The number of hydrogen-bond acceptors (Lipinski definition) is 3. The molecule has 1 aromatic rings. The van der Waals surface area contributed by atoms with E-state index < -0.39 is 5.97 Å². The molecule has 24 heavy (non-hydrogen) atoms. The normalized spacial score (nSPS) is 15.9. The van der Waals surface area contributed by atoms with Gasteiger partial charge >= 0.3 is 5.97 Å². The van der Waals surface area contributed by atoms with Crippen LogP contribution < -0.4 is 0 Å². The lowest BCUT2D eigenvalue weighted by Crippen LogP contribution is -2.42. The maximum atomic E-state index is 12.7. The molecule has 0 atom stereocenters. The fourth-order valence-corrected chi connectivity index (χ4v) is 3.68. The van der Waals surface area contributed by atoms with Gasteiger partial charge in [0, 0.05) is 19.0 Å². The third kappa shape index (κ3) is 3.97. The van der Waals surface area contributed by atoms with Crippen LogP contribution in [0.15, 0.2) is 6.20 Å². The number of rotatable bonds is 7. The highest BCUT2D eigenvalue weighted by atomic mass is 16.4. The van der Waals surface area contributed by atoms with Crippen molar-refractivity contribution < 1.29 is 14.7 Å². The topological polar surface area (TPSA) is 75.4 Å². The molecule has 1 aliphatic heterocycles. The Balaban J connectivity index is 1.98. The Bertz CT molecular complexity index is 568. The third-order valence-electron chi connectivity index (χ3n) is 5.02. The average Bonchev–Trinajstić information content (AvgIpc) is 2.96. The molecule has 0 bridgehead atoms. The summed E-state index contributed by atoms with van der Waals surface area (Å²) in [6.07, 6.45) is 7.10. The number of amides is 1. The SMILES string of the molecule is CCCC(CCC)C(=O)N1CCC(n2ncc(C(=O)O)c2C)CC1. The lowest BCUT2D eigenvalue weighted by Gasteiger charge is -2.34. The molecular weight excluding hydrogens is 306 g/mol. The number of carboxylic acid groups (broad SMARTS) is 1. The first-order valence-electron chi connectivity index (χ1n) is 9.05. The van der Waals surface area contributed by atoms with Crippen LogP contribution in [0.5, 0.6) is 0 Å². The summed E-state index contributed by atoms with van der Waals surface area (Å²) in [5.41, 5.74) is 0.960. The molecule has 6 nitrogen and oxygen atoms in total. The van der Waals surface area contributed by atoms with E-state index in [1.165, 1.54) is 6.20 Å². The average molecular weight is 335 g/mol. The van der Waals surface area contributed by atoms with Gasteiger partial charge in [0.15, 0.2) is 0 Å². The number of carbonyl (C=O) groups is 2. The van der Waals surface area contributed by atoms with E-state index in [-0.39, 0.29) is 17.5 Å². The molecule has 1 fully saturated rings. The van der Waals surface area contributed by atoms with E-state index in [1.807, 2.05) is 9.58 Å². The van der Waals surface area contributed by atoms with Gasteiger partial charge in [-0.1, -0.05) is 26.7 Å². The van der Waals surface area contributed by atoms with Crippen molar-refractivity contribution >= 4 is 11.9 Å². The molecule has 2 rings (SSSR count). The number of nitrogens with zero attached hydrogens (tertiary/aromatic N) is 3. The van der Waals surface area contributed by atoms with E-state index in [1.54, 1.807) is 6.92 Å². The van der Waals surface area contributed by atoms with E-state index in [4.69, 9.17) is 5.11 Å². The van der Waals surface area contributed by atoms with E-state index in [9.17, 15) is 9.59 Å². The number of likely N-dealkylation sites (tertiary alicyclic amines) is 1. The Kier molecular flexibility index (Phi) is 6.40. The van der Waals surface area contributed by atoms with Gasteiger partial charge in [-0.2, -0.15) is 5.10 Å². The van der Waals surface area contributed by atoms with Crippen LogP contribution in [0, 0.1) is 12.8 Å². The van der Waals surface area contributed by atoms with Crippen molar-refractivity contribution in [3.63, 3.8) is 0 Å². The van der Waals surface area contributed by atoms with Crippen molar-refractivity contribution in [3.8, 4) is 0 Å². The maximum Gasteiger partial charge on any atom is 0.339 e. The fraction of sp³-hybridized carbons (Fsp3) is 0.722. The lowest BCUT2D eigenvalue weighted by atomic mass is 9.95. The van der Waals surface area contributed by atoms with E-state index in [0.717, 1.165) is 51.6 Å². The van der Waals surface area contributed by atoms with Crippen LogP contribution in [0.4, 0.5) is 0 Å². The van der Waals surface area contributed by atoms with Gasteiger partial charge in [0.1, 0.15) is 5.56 Å². The zero-order valence-corrected chi connectivity index (χ0v) is 15.0. The Morgan fingerprint density at radius 2 is 1.83 bits per heavy atom. The Labute approximate surface area is 143 Å². The highest BCUT2D eigenvalue weighted by molar-refractivity contribution is 5.88. The number of aromatic nitrogens is 2. The van der Waals surface area contributed by atoms with Gasteiger partial charge in [0.05, 0.1) is 17.9 Å². The molecule has 6 heteroatoms. The second-order valence-corrected chi connectivity index (χ2v) is 6.72. The summed E-state index contributed by atoms with van der Waals surface area (Å²) in [5.74, 6) is -0.490. The number of hydrogen-bond donors (Lipinski definition) is 1. The van der Waals surface area contributed by atoms with E-state index in [0.29, 0.717) is 11.6 Å². The van der Waals surface area contributed by atoms with Gasteiger partial charge in [-0.25, -0.2) is 4.79 Å². The van der Waals surface area contributed by atoms with Crippen LogP contribution >= 0.6 is 0 Å². The predicted molar refractivity (Wildman–Crippen MR) is 92.1 cm³/mol. The summed E-state index contributed by atoms with van der Waals surface area (Å²) in [6.45, 7) is 7.52. The second-order valence-electron chi connectivity index (χ2n) is 6.72. The summed E-state index contributed by atoms with van der Waals surface area (Å²) in [4.78, 5) is 25.8. The minimum Gasteiger partial charge on any atom is -0.478 e. The highest BCUT2D eigenvalue weighted by Gasteiger charge is 2.29. The fourth-order valence-electron chi connectivity index (χ4n) is 3.68. The van der Waals surface area contributed by atoms with Gasteiger partial charge in [0.25, 0.3) is 0 Å². The molecule has 0 radical (unpaired) electrons. The summed E-state index contributed by atoms with van der Waals surface area (Å²) in [5, 5.41) is 13.4. The summed E-state index contributed by atoms with van der Waals surface area (Å²) in [7, 11) is 0. The third-order valence-corrected chi connectivity index (χ3v) is 5.02. The molecule has 0 spiro atoms. The number of carbonyl (C=O) groups excluding carboxylic acids is 1. The standard InChI is InChI=1S/C18H29N3O3/c1-4-6-14(7-5-2)17(22)20-10-8-15(9-11-20)21-13(3)16(12-19-21)18(23)24/h12,14-15H,4-11H2,1-3H3,(H,23,24). The largest absolute Gasteiger partial charge is 0.478 e. The van der Waals surface area contributed by atoms with Crippen LogP contribution in [0.1, 0.15) is 74.5 Å². The van der Waals surface area contributed by atoms with E-state index >= 15 is 0 Å². The molecule has 2 heterocycles.